The second-order valence-electron chi connectivity index (χ2n) is 7.46. The van der Waals surface area contributed by atoms with Gasteiger partial charge in [-0.15, -0.1) is 0 Å². The van der Waals surface area contributed by atoms with Crippen LogP contribution in [0.1, 0.15) is 28.8 Å². The Labute approximate surface area is 184 Å². The van der Waals surface area contributed by atoms with Gasteiger partial charge in [-0.25, -0.2) is 4.99 Å². The molecule has 0 aliphatic rings. The number of nitrogens with zero attached hydrogens (tertiary/aromatic N) is 5. The topological polar surface area (TPSA) is 128 Å². The average molecular weight is 432 g/mol. The van der Waals surface area contributed by atoms with E-state index in [4.69, 9.17) is 10.7 Å². The van der Waals surface area contributed by atoms with Crippen molar-refractivity contribution in [3.8, 4) is 11.3 Å². The van der Waals surface area contributed by atoms with Crippen molar-refractivity contribution in [3.63, 3.8) is 0 Å². The molecule has 164 valence electrons. The smallest absolute Gasteiger partial charge is 0.272 e. The summed E-state index contributed by atoms with van der Waals surface area (Å²) in [7, 11) is 3.63. The number of carbonyl (C=O) groups excluding carboxylic acids is 1. The Hall–Kier alpha value is -4.18. The van der Waals surface area contributed by atoms with Crippen LogP contribution in [0.4, 0.5) is 0 Å². The van der Waals surface area contributed by atoms with Gasteiger partial charge < -0.3 is 15.1 Å². The van der Waals surface area contributed by atoms with Crippen molar-refractivity contribution in [2.75, 3.05) is 0 Å². The van der Waals surface area contributed by atoms with Crippen molar-refractivity contribution in [3.05, 3.63) is 72.0 Å². The number of benzene rings is 1. The molecule has 32 heavy (non-hydrogen) atoms. The molecule has 3 aromatic heterocycles. The quantitative estimate of drug-likeness (QED) is 0.245. The fourth-order valence-electron chi connectivity index (χ4n) is 3.40. The first-order valence-electron chi connectivity index (χ1n) is 9.89. The number of aryl methyl sites for hydroxylation is 2. The first-order chi connectivity index (χ1) is 15.3. The molecule has 4 aromatic rings. The van der Waals surface area contributed by atoms with E-state index in [1.165, 1.54) is 0 Å². The lowest BCUT2D eigenvalue weighted by Crippen LogP contribution is -2.23. The van der Waals surface area contributed by atoms with E-state index in [1.807, 2.05) is 43.6 Å². The molecule has 4 rings (SSSR count). The highest BCUT2D eigenvalue weighted by Gasteiger charge is 2.16. The molecule has 1 amide bonds. The van der Waals surface area contributed by atoms with E-state index in [9.17, 15) is 4.79 Å². The maximum Gasteiger partial charge on any atom is 0.272 e. The zero-order valence-corrected chi connectivity index (χ0v) is 18.1. The Morgan fingerprint density at radius 3 is 2.75 bits per heavy atom. The predicted octanol–water partition coefficient (Wildman–Crippen LogP) is 2.40. The fourth-order valence-corrected chi connectivity index (χ4v) is 3.40. The van der Waals surface area contributed by atoms with E-state index < -0.39 is 0 Å². The molecule has 0 radical (unpaired) electrons. The number of amides is 1. The summed E-state index contributed by atoms with van der Waals surface area (Å²) in [5.74, 6) is 5.35. The third-order valence-electron chi connectivity index (χ3n) is 4.86. The van der Waals surface area contributed by atoms with Gasteiger partial charge in [-0.2, -0.15) is 16.1 Å². The number of fused-ring (bicyclic) bond motifs is 1. The van der Waals surface area contributed by atoms with Gasteiger partial charge >= 0.3 is 0 Å². The van der Waals surface area contributed by atoms with Crippen molar-refractivity contribution < 1.29 is 9.63 Å². The third kappa shape index (κ3) is 4.30. The minimum atomic E-state index is -0.261. The molecule has 0 saturated heterocycles. The van der Waals surface area contributed by atoms with Gasteiger partial charge in [0, 0.05) is 42.5 Å². The number of nitrogens with one attached hydrogen (secondary N) is 2. The number of rotatable bonds is 6. The van der Waals surface area contributed by atoms with Crippen LogP contribution in [0.25, 0.3) is 22.2 Å². The molecule has 0 spiro atoms. The van der Waals surface area contributed by atoms with Crippen LogP contribution in [0.5, 0.6) is 0 Å². The molecule has 4 N–H and O–H groups in total. The lowest BCUT2D eigenvalue weighted by atomic mass is 10.1. The van der Waals surface area contributed by atoms with Gasteiger partial charge in [0.15, 0.2) is 5.69 Å². The molecule has 3 heterocycles. The number of aromatic nitrogens is 5. The monoisotopic (exact) mass is 432 g/mol. The normalized spacial score (nSPS) is 11.7. The number of hydrogen-bond acceptors (Lipinski definition) is 6. The molecular weight excluding hydrogens is 408 g/mol. The summed E-state index contributed by atoms with van der Waals surface area (Å²) in [5.41, 5.74) is 4.95. The number of carbonyl (C=O) groups is 1. The van der Waals surface area contributed by atoms with Crippen molar-refractivity contribution in [1.82, 2.24) is 29.9 Å². The maximum absolute atomic E-state index is 12.6. The third-order valence-corrected chi connectivity index (χ3v) is 4.86. The van der Waals surface area contributed by atoms with E-state index in [2.05, 4.69) is 32.1 Å². The highest BCUT2D eigenvalue weighted by Crippen LogP contribution is 2.26. The van der Waals surface area contributed by atoms with Crippen molar-refractivity contribution >= 4 is 22.7 Å². The Kier molecular flexibility index (Phi) is 5.61. The van der Waals surface area contributed by atoms with Crippen LogP contribution < -0.4 is 11.2 Å². The Balaban J connectivity index is 1.58. The van der Waals surface area contributed by atoms with E-state index in [0.717, 1.165) is 27.9 Å². The van der Waals surface area contributed by atoms with Crippen LogP contribution in [0.15, 0.2) is 59.9 Å². The first-order valence-corrected chi connectivity index (χ1v) is 9.89. The largest absolute Gasteiger partial charge is 0.389 e. The summed E-state index contributed by atoms with van der Waals surface area (Å²) in [6.45, 7) is 5.84. The maximum atomic E-state index is 12.6. The molecule has 0 atom stereocenters. The summed E-state index contributed by atoms with van der Waals surface area (Å²) < 4.78 is 3.37. The molecule has 10 heteroatoms. The number of aliphatic imine (C=N–C) groups is 1. The summed E-state index contributed by atoms with van der Waals surface area (Å²) in [6, 6.07) is 11.4. The SMILES string of the molecule is C=C(C)N=C(ON)c1cc2cc(-c3cc(C(=O)NCc4ccn(C)n4)nn3C)ccc2[nH]1. The van der Waals surface area contributed by atoms with Gasteiger partial charge in [0.2, 0.25) is 0 Å². The number of nitrogens with two attached hydrogens (primary N) is 1. The molecule has 0 bridgehead atoms. The molecular formula is C22H24N8O2. The van der Waals surface area contributed by atoms with E-state index in [-0.39, 0.29) is 11.8 Å². The molecule has 0 saturated carbocycles. The lowest BCUT2D eigenvalue weighted by Gasteiger charge is -2.01. The molecule has 0 aliphatic carbocycles. The Morgan fingerprint density at radius 1 is 1.25 bits per heavy atom. The fraction of sp³-hybridized carbons (Fsp3) is 0.182. The van der Waals surface area contributed by atoms with Crippen molar-refractivity contribution in [2.45, 2.75) is 13.5 Å². The Morgan fingerprint density at radius 2 is 2.06 bits per heavy atom. The molecule has 1 aromatic carbocycles. The highest BCUT2D eigenvalue weighted by atomic mass is 16.6. The zero-order chi connectivity index (χ0) is 22.8. The van der Waals surface area contributed by atoms with E-state index in [0.29, 0.717) is 23.6 Å². The number of H-pyrrole nitrogens is 1. The van der Waals surface area contributed by atoms with Crippen LogP contribution in [0, 0.1) is 0 Å². The highest BCUT2D eigenvalue weighted by molar-refractivity contribution is 5.99. The van der Waals surface area contributed by atoms with Gasteiger partial charge in [0.05, 0.1) is 17.9 Å². The van der Waals surface area contributed by atoms with Crippen LogP contribution in [-0.4, -0.2) is 36.3 Å². The predicted molar refractivity (Wildman–Crippen MR) is 122 cm³/mol. The van der Waals surface area contributed by atoms with Crippen LogP contribution in [0.2, 0.25) is 0 Å². The van der Waals surface area contributed by atoms with Crippen molar-refractivity contribution in [1.29, 1.82) is 0 Å². The summed E-state index contributed by atoms with van der Waals surface area (Å²) in [5, 5.41) is 12.4. The van der Waals surface area contributed by atoms with Gasteiger partial charge in [-0.1, -0.05) is 12.6 Å². The van der Waals surface area contributed by atoms with Gasteiger partial charge in [-0.05, 0) is 37.3 Å². The lowest BCUT2D eigenvalue weighted by molar-refractivity contribution is 0.0944. The van der Waals surface area contributed by atoms with Crippen LogP contribution in [0.3, 0.4) is 0 Å². The molecule has 0 unspecified atom stereocenters. The average Bonchev–Trinajstić information content (AvgIpc) is 3.47. The molecule has 10 nitrogen and oxygen atoms in total. The standard InChI is InChI=1S/C22H24N8O2/c1-13(2)25-22(32-23)19-10-15-9-14(5-6-17(15)26-19)20-11-18(28-30(20)4)21(31)24-12-16-7-8-29(3)27-16/h5-11,26H,1,12,23H2,2-4H3,(H,24,31). The minimum Gasteiger partial charge on any atom is -0.389 e. The molecule has 0 fully saturated rings. The van der Waals surface area contributed by atoms with E-state index in [1.54, 1.807) is 29.4 Å². The van der Waals surface area contributed by atoms with Crippen molar-refractivity contribution in [2.24, 2.45) is 25.0 Å². The summed E-state index contributed by atoms with van der Waals surface area (Å²) in [6.07, 6.45) is 1.83. The number of hydrogen-bond donors (Lipinski definition) is 3. The van der Waals surface area contributed by atoms with Gasteiger partial charge in [0.1, 0.15) is 5.69 Å². The number of allylic oxidation sites excluding steroid dienone is 1. The minimum absolute atomic E-state index is 0.252. The van der Waals surface area contributed by atoms with Crippen LogP contribution >= 0.6 is 0 Å². The van der Waals surface area contributed by atoms with Crippen LogP contribution in [-0.2, 0) is 25.5 Å². The second kappa shape index (κ2) is 8.52. The van der Waals surface area contributed by atoms with E-state index >= 15 is 0 Å². The molecule has 0 aliphatic heterocycles. The summed E-state index contributed by atoms with van der Waals surface area (Å²) >= 11 is 0. The first kappa shape index (κ1) is 21.1. The Bertz CT molecular complexity index is 1340. The summed E-state index contributed by atoms with van der Waals surface area (Å²) in [4.78, 5) is 24.9. The number of aromatic amines is 1. The van der Waals surface area contributed by atoms with Gasteiger partial charge in [-0.3, -0.25) is 14.2 Å². The zero-order valence-electron chi connectivity index (χ0n) is 18.1. The second-order valence-corrected chi connectivity index (χ2v) is 7.46. The van der Waals surface area contributed by atoms with Gasteiger partial charge in [0.25, 0.3) is 11.8 Å².